The molecular weight excluding hydrogens is 284 g/mol. The fourth-order valence-electron chi connectivity index (χ4n) is 3.77. The summed E-state index contributed by atoms with van der Waals surface area (Å²) in [5.74, 6) is 2.46. The monoisotopic (exact) mass is 308 g/mol. The minimum absolute atomic E-state index is 0.624. The molecular formula is C16H25ClN4. The van der Waals surface area contributed by atoms with Gasteiger partial charge in [-0.15, -0.1) is 0 Å². The first-order chi connectivity index (χ1) is 10.3. The molecule has 1 aromatic rings. The molecule has 1 N–H and O–H groups in total. The quantitative estimate of drug-likeness (QED) is 0.908. The Balaban J connectivity index is 1.83. The number of hydrogen-bond donors (Lipinski definition) is 1. The van der Waals surface area contributed by atoms with Crippen molar-refractivity contribution in [2.24, 2.45) is 5.92 Å². The van der Waals surface area contributed by atoms with E-state index in [0.717, 1.165) is 31.2 Å². The maximum Gasteiger partial charge on any atom is 0.224 e. The van der Waals surface area contributed by atoms with Gasteiger partial charge in [0, 0.05) is 19.1 Å². The normalized spacial score (nSPS) is 25.5. The van der Waals surface area contributed by atoms with Crippen molar-refractivity contribution in [3.8, 4) is 0 Å². The molecule has 2 fully saturated rings. The van der Waals surface area contributed by atoms with Gasteiger partial charge in [0.25, 0.3) is 0 Å². The Morgan fingerprint density at radius 2 is 2.10 bits per heavy atom. The molecule has 0 amide bonds. The fraction of sp³-hybridized carbons (Fsp3) is 0.750. The lowest BCUT2D eigenvalue weighted by atomic mass is 9.78. The number of halogens is 1. The summed E-state index contributed by atoms with van der Waals surface area (Å²) in [5, 5.41) is 3.95. The minimum atomic E-state index is 0.624. The lowest BCUT2D eigenvalue weighted by molar-refractivity contribution is 0.243. The van der Waals surface area contributed by atoms with Crippen molar-refractivity contribution < 1.29 is 0 Å². The highest BCUT2D eigenvalue weighted by Gasteiger charge is 2.34. The Morgan fingerprint density at radius 1 is 1.29 bits per heavy atom. The van der Waals surface area contributed by atoms with E-state index in [4.69, 9.17) is 16.6 Å². The summed E-state index contributed by atoms with van der Waals surface area (Å²) in [4.78, 5) is 11.4. The second-order valence-corrected chi connectivity index (χ2v) is 6.65. The molecule has 0 spiro atoms. The summed E-state index contributed by atoms with van der Waals surface area (Å²) in [5.41, 5.74) is 0. The molecule has 5 heteroatoms. The predicted octanol–water partition coefficient (Wildman–Crippen LogP) is 4.11. The summed E-state index contributed by atoms with van der Waals surface area (Å²) in [6, 6.07) is 0.624. The number of hydrogen-bond acceptors (Lipinski definition) is 4. The summed E-state index contributed by atoms with van der Waals surface area (Å²) in [6.07, 6.45) is 10.8. The smallest absolute Gasteiger partial charge is 0.224 e. The minimum Gasteiger partial charge on any atom is -0.354 e. The van der Waals surface area contributed by atoms with Gasteiger partial charge in [-0.1, -0.05) is 31.4 Å². The van der Waals surface area contributed by atoms with Gasteiger partial charge in [0.05, 0.1) is 6.20 Å². The third kappa shape index (κ3) is 3.25. The van der Waals surface area contributed by atoms with Crippen molar-refractivity contribution in [1.29, 1.82) is 0 Å². The molecule has 3 rings (SSSR count). The van der Waals surface area contributed by atoms with Crippen molar-refractivity contribution >= 4 is 23.4 Å². The summed E-state index contributed by atoms with van der Waals surface area (Å²) >= 11 is 6.40. The van der Waals surface area contributed by atoms with Crippen LogP contribution in [0.4, 0.5) is 11.8 Å². The van der Waals surface area contributed by atoms with Gasteiger partial charge in [-0.3, -0.25) is 0 Å². The summed E-state index contributed by atoms with van der Waals surface area (Å²) < 4.78 is 0. The zero-order valence-corrected chi connectivity index (χ0v) is 13.6. The lowest BCUT2D eigenvalue weighted by Crippen LogP contribution is -2.47. The van der Waals surface area contributed by atoms with E-state index >= 15 is 0 Å². The maximum absolute atomic E-state index is 6.40. The van der Waals surface area contributed by atoms with Crippen LogP contribution in [-0.4, -0.2) is 29.1 Å². The molecule has 1 aliphatic heterocycles. The zero-order valence-electron chi connectivity index (χ0n) is 12.8. The second-order valence-electron chi connectivity index (χ2n) is 6.24. The van der Waals surface area contributed by atoms with Crippen LogP contribution in [0.5, 0.6) is 0 Å². The molecule has 21 heavy (non-hydrogen) atoms. The number of piperidine rings is 1. The molecule has 4 nitrogen and oxygen atoms in total. The Morgan fingerprint density at radius 3 is 2.95 bits per heavy atom. The molecule has 1 aromatic heterocycles. The highest BCUT2D eigenvalue weighted by Crippen LogP contribution is 2.39. The Bertz CT molecular complexity index is 477. The number of fused-ring (bicyclic) bond motifs is 1. The molecule has 2 heterocycles. The average Bonchev–Trinajstić information content (AvgIpc) is 2.54. The van der Waals surface area contributed by atoms with E-state index in [0.29, 0.717) is 17.0 Å². The van der Waals surface area contributed by atoms with Crippen LogP contribution in [0.15, 0.2) is 6.20 Å². The van der Waals surface area contributed by atoms with Crippen molar-refractivity contribution in [3.63, 3.8) is 0 Å². The van der Waals surface area contributed by atoms with Gasteiger partial charge in [0.15, 0.2) is 5.82 Å². The molecule has 2 unspecified atom stereocenters. The van der Waals surface area contributed by atoms with Crippen LogP contribution in [0.1, 0.15) is 51.9 Å². The van der Waals surface area contributed by atoms with Crippen LogP contribution in [-0.2, 0) is 0 Å². The first-order valence-electron chi connectivity index (χ1n) is 8.32. The SMILES string of the molecule is CCCNc1ncc(Cl)c(N2CCCC3CCCCC32)n1. The van der Waals surface area contributed by atoms with Gasteiger partial charge < -0.3 is 10.2 Å². The number of nitrogens with zero attached hydrogens (tertiary/aromatic N) is 3. The van der Waals surface area contributed by atoms with Crippen molar-refractivity contribution in [3.05, 3.63) is 11.2 Å². The Labute approximate surface area is 132 Å². The average molecular weight is 309 g/mol. The van der Waals surface area contributed by atoms with E-state index in [9.17, 15) is 0 Å². The standard InChI is InChI=1S/C16H25ClN4/c1-2-9-18-16-19-11-13(17)15(20-16)21-10-5-7-12-6-3-4-8-14(12)21/h11-12,14H,2-10H2,1H3,(H,18,19,20). The van der Waals surface area contributed by atoms with Gasteiger partial charge in [-0.2, -0.15) is 4.98 Å². The molecule has 0 aromatic carbocycles. The van der Waals surface area contributed by atoms with E-state index < -0.39 is 0 Å². The summed E-state index contributed by atoms with van der Waals surface area (Å²) in [7, 11) is 0. The third-order valence-electron chi connectivity index (χ3n) is 4.77. The number of nitrogens with one attached hydrogen (secondary N) is 1. The zero-order chi connectivity index (χ0) is 14.7. The van der Waals surface area contributed by atoms with Crippen LogP contribution < -0.4 is 10.2 Å². The van der Waals surface area contributed by atoms with Gasteiger partial charge in [0.1, 0.15) is 5.02 Å². The van der Waals surface area contributed by atoms with Crippen LogP contribution in [0.25, 0.3) is 0 Å². The van der Waals surface area contributed by atoms with Crippen LogP contribution in [0.2, 0.25) is 5.02 Å². The van der Waals surface area contributed by atoms with Gasteiger partial charge in [-0.25, -0.2) is 4.98 Å². The van der Waals surface area contributed by atoms with E-state index in [1.807, 2.05) is 0 Å². The predicted molar refractivity (Wildman–Crippen MR) is 88.1 cm³/mol. The van der Waals surface area contributed by atoms with E-state index in [1.54, 1.807) is 6.20 Å². The molecule has 2 atom stereocenters. The van der Waals surface area contributed by atoms with E-state index in [1.165, 1.54) is 38.5 Å². The Kier molecular flexibility index (Phi) is 4.84. The molecule has 0 bridgehead atoms. The first-order valence-corrected chi connectivity index (χ1v) is 8.70. The van der Waals surface area contributed by atoms with Crippen molar-refractivity contribution in [2.45, 2.75) is 57.9 Å². The number of anilines is 2. The Hall–Kier alpha value is -1.03. The second kappa shape index (κ2) is 6.82. The van der Waals surface area contributed by atoms with Crippen LogP contribution in [0, 0.1) is 5.92 Å². The third-order valence-corrected chi connectivity index (χ3v) is 5.04. The van der Waals surface area contributed by atoms with E-state index in [-0.39, 0.29) is 0 Å². The van der Waals surface area contributed by atoms with Crippen molar-refractivity contribution in [1.82, 2.24) is 9.97 Å². The molecule has 2 aliphatic rings. The van der Waals surface area contributed by atoms with Crippen LogP contribution in [0.3, 0.4) is 0 Å². The van der Waals surface area contributed by atoms with Crippen LogP contribution >= 0.6 is 11.6 Å². The molecule has 0 radical (unpaired) electrons. The lowest BCUT2D eigenvalue weighted by Gasteiger charge is -2.45. The highest BCUT2D eigenvalue weighted by molar-refractivity contribution is 6.32. The van der Waals surface area contributed by atoms with Gasteiger partial charge in [0.2, 0.25) is 5.95 Å². The van der Waals surface area contributed by atoms with Crippen molar-refractivity contribution in [2.75, 3.05) is 23.3 Å². The van der Waals surface area contributed by atoms with Gasteiger partial charge in [-0.05, 0) is 38.0 Å². The number of aromatic nitrogens is 2. The maximum atomic E-state index is 6.40. The topological polar surface area (TPSA) is 41.1 Å². The first kappa shape index (κ1) is 14.9. The fourth-order valence-corrected chi connectivity index (χ4v) is 3.97. The molecule has 1 saturated heterocycles. The number of rotatable bonds is 4. The largest absolute Gasteiger partial charge is 0.354 e. The summed E-state index contributed by atoms with van der Waals surface area (Å²) in [6.45, 7) is 4.11. The van der Waals surface area contributed by atoms with Gasteiger partial charge >= 0.3 is 0 Å². The molecule has 1 saturated carbocycles. The van der Waals surface area contributed by atoms with E-state index in [2.05, 4.69) is 22.1 Å². The molecule has 116 valence electrons. The molecule has 1 aliphatic carbocycles. The highest BCUT2D eigenvalue weighted by atomic mass is 35.5.